The summed E-state index contributed by atoms with van der Waals surface area (Å²) in [5, 5.41) is 6.70. The van der Waals surface area contributed by atoms with Crippen LogP contribution in [0.5, 0.6) is 0 Å². The van der Waals surface area contributed by atoms with Crippen LogP contribution in [0.15, 0.2) is 72.8 Å². The largest absolute Gasteiger partial charge is 0.354 e. The van der Waals surface area contributed by atoms with Crippen LogP contribution in [0.25, 0.3) is 54.8 Å². The molecule has 106 valence electrons. The van der Waals surface area contributed by atoms with Crippen molar-refractivity contribution in [3.63, 3.8) is 0 Å². The lowest BCUT2D eigenvalue weighted by Gasteiger charge is -2.08. The van der Waals surface area contributed by atoms with Gasteiger partial charge in [-0.25, -0.2) is 0 Å². The first-order chi connectivity index (χ1) is 11.4. The van der Waals surface area contributed by atoms with E-state index in [1.165, 1.54) is 54.8 Å². The molecular weight excluding hydrogens is 278 g/mol. The summed E-state index contributed by atoms with van der Waals surface area (Å²) in [6, 6.07) is 26.3. The summed E-state index contributed by atoms with van der Waals surface area (Å²) >= 11 is 0. The Balaban J connectivity index is 1.92. The number of aromatic amines is 1. The Bertz CT molecular complexity index is 1260. The van der Waals surface area contributed by atoms with E-state index in [2.05, 4.69) is 77.8 Å². The molecule has 1 aliphatic rings. The molecule has 1 N–H and O–H groups in total. The zero-order valence-corrected chi connectivity index (χ0v) is 12.4. The monoisotopic (exact) mass is 291 g/mol. The number of para-hydroxylation sites is 1. The summed E-state index contributed by atoms with van der Waals surface area (Å²) in [4.78, 5) is 3.64. The Labute approximate surface area is 133 Å². The molecule has 1 heterocycles. The van der Waals surface area contributed by atoms with Gasteiger partial charge in [0.1, 0.15) is 0 Å². The normalized spacial score (nSPS) is 12.3. The van der Waals surface area contributed by atoms with Crippen molar-refractivity contribution in [3.05, 3.63) is 72.8 Å². The van der Waals surface area contributed by atoms with E-state index in [0.717, 1.165) is 0 Å². The summed E-state index contributed by atoms with van der Waals surface area (Å²) < 4.78 is 0. The van der Waals surface area contributed by atoms with Crippen LogP contribution >= 0.6 is 0 Å². The zero-order valence-electron chi connectivity index (χ0n) is 12.4. The van der Waals surface area contributed by atoms with Gasteiger partial charge in [-0.05, 0) is 39.2 Å². The van der Waals surface area contributed by atoms with Crippen molar-refractivity contribution in [3.8, 4) is 22.4 Å². The van der Waals surface area contributed by atoms with Crippen molar-refractivity contribution in [2.24, 2.45) is 0 Å². The molecule has 0 fully saturated rings. The maximum Gasteiger partial charge on any atom is 0.0551 e. The Morgan fingerprint density at radius 1 is 0.609 bits per heavy atom. The van der Waals surface area contributed by atoms with Gasteiger partial charge in [0.2, 0.25) is 0 Å². The lowest BCUT2D eigenvalue weighted by Crippen LogP contribution is -1.81. The first-order valence-corrected chi connectivity index (χ1v) is 7.98. The number of H-pyrrole nitrogens is 1. The van der Waals surface area contributed by atoms with E-state index in [1.807, 2.05) is 0 Å². The van der Waals surface area contributed by atoms with Gasteiger partial charge in [-0.1, -0.05) is 60.7 Å². The zero-order chi connectivity index (χ0) is 15.0. The van der Waals surface area contributed by atoms with Gasteiger partial charge < -0.3 is 4.98 Å². The minimum absolute atomic E-state index is 1.22. The average Bonchev–Trinajstić information content (AvgIpc) is 3.13. The number of fused-ring (bicyclic) bond motifs is 7. The smallest absolute Gasteiger partial charge is 0.0551 e. The molecule has 23 heavy (non-hydrogen) atoms. The van der Waals surface area contributed by atoms with E-state index in [1.54, 1.807) is 0 Å². The number of hydrogen-bond acceptors (Lipinski definition) is 0. The van der Waals surface area contributed by atoms with Crippen molar-refractivity contribution in [1.29, 1.82) is 0 Å². The van der Waals surface area contributed by atoms with Crippen LogP contribution in [0.3, 0.4) is 0 Å². The molecule has 0 radical (unpaired) electrons. The molecule has 0 aliphatic heterocycles. The van der Waals surface area contributed by atoms with Gasteiger partial charge in [0.05, 0.1) is 5.69 Å². The fourth-order valence-electron chi connectivity index (χ4n) is 4.19. The SMILES string of the molecule is c1ccc2c(c1)cc1c3c(cccc32)-c2[nH]c3ccccc3c2-1. The van der Waals surface area contributed by atoms with E-state index in [-0.39, 0.29) is 0 Å². The van der Waals surface area contributed by atoms with Gasteiger partial charge in [0, 0.05) is 22.0 Å². The van der Waals surface area contributed by atoms with Crippen molar-refractivity contribution < 1.29 is 0 Å². The van der Waals surface area contributed by atoms with Crippen LogP contribution in [-0.2, 0) is 0 Å². The molecule has 0 amide bonds. The third-order valence-electron chi connectivity index (χ3n) is 5.13. The summed E-state index contributed by atoms with van der Waals surface area (Å²) in [6.45, 7) is 0. The van der Waals surface area contributed by atoms with E-state index < -0.39 is 0 Å². The van der Waals surface area contributed by atoms with Crippen LogP contribution in [0, 0.1) is 0 Å². The molecule has 0 saturated heterocycles. The number of hydrogen-bond donors (Lipinski definition) is 1. The highest BCUT2D eigenvalue weighted by Crippen LogP contribution is 2.51. The predicted octanol–water partition coefficient (Wildman–Crippen LogP) is 6.12. The van der Waals surface area contributed by atoms with Crippen molar-refractivity contribution in [1.82, 2.24) is 4.98 Å². The van der Waals surface area contributed by atoms with Crippen LogP contribution < -0.4 is 0 Å². The average molecular weight is 291 g/mol. The summed E-state index contributed by atoms with van der Waals surface area (Å²) in [6.07, 6.45) is 0. The number of nitrogens with one attached hydrogen (secondary N) is 1. The predicted molar refractivity (Wildman–Crippen MR) is 97.7 cm³/mol. The van der Waals surface area contributed by atoms with E-state index >= 15 is 0 Å². The second-order valence-electron chi connectivity index (χ2n) is 6.29. The minimum Gasteiger partial charge on any atom is -0.354 e. The van der Waals surface area contributed by atoms with E-state index in [0.29, 0.717) is 0 Å². The van der Waals surface area contributed by atoms with Gasteiger partial charge in [0.15, 0.2) is 0 Å². The Kier molecular flexibility index (Phi) is 1.91. The van der Waals surface area contributed by atoms with Gasteiger partial charge in [-0.3, -0.25) is 0 Å². The Morgan fingerprint density at radius 2 is 1.39 bits per heavy atom. The molecule has 6 rings (SSSR count). The minimum atomic E-state index is 1.22. The van der Waals surface area contributed by atoms with Crippen LogP contribution in [-0.4, -0.2) is 4.98 Å². The third-order valence-corrected chi connectivity index (χ3v) is 5.13. The first kappa shape index (κ1) is 11.5. The molecule has 0 saturated carbocycles. The lowest BCUT2D eigenvalue weighted by atomic mass is 9.96. The highest BCUT2D eigenvalue weighted by atomic mass is 14.7. The quantitative estimate of drug-likeness (QED) is 0.324. The fourth-order valence-corrected chi connectivity index (χ4v) is 4.19. The number of benzene rings is 4. The molecule has 1 aliphatic carbocycles. The molecule has 4 aromatic carbocycles. The molecule has 5 aromatic rings. The van der Waals surface area contributed by atoms with E-state index in [9.17, 15) is 0 Å². The molecule has 1 heteroatoms. The number of rotatable bonds is 0. The van der Waals surface area contributed by atoms with Crippen molar-refractivity contribution in [2.75, 3.05) is 0 Å². The molecular formula is C22H13N. The third kappa shape index (κ3) is 1.29. The molecule has 1 nitrogen and oxygen atoms in total. The van der Waals surface area contributed by atoms with Gasteiger partial charge in [-0.15, -0.1) is 0 Å². The van der Waals surface area contributed by atoms with E-state index in [4.69, 9.17) is 0 Å². The summed E-state index contributed by atoms with van der Waals surface area (Å²) in [5.41, 5.74) is 6.53. The molecule has 1 aromatic heterocycles. The topological polar surface area (TPSA) is 15.8 Å². The van der Waals surface area contributed by atoms with Gasteiger partial charge in [-0.2, -0.15) is 0 Å². The van der Waals surface area contributed by atoms with Crippen LogP contribution in [0.2, 0.25) is 0 Å². The maximum absolute atomic E-state index is 3.64. The van der Waals surface area contributed by atoms with Crippen LogP contribution in [0.4, 0.5) is 0 Å². The second-order valence-corrected chi connectivity index (χ2v) is 6.29. The molecule has 0 atom stereocenters. The van der Waals surface area contributed by atoms with Gasteiger partial charge >= 0.3 is 0 Å². The number of aromatic nitrogens is 1. The summed E-state index contributed by atoms with van der Waals surface area (Å²) in [5.74, 6) is 0. The second kappa shape index (κ2) is 3.82. The van der Waals surface area contributed by atoms with Gasteiger partial charge in [0.25, 0.3) is 0 Å². The fraction of sp³-hybridized carbons (Fsp3) is 0. The Morgan fingerprint density at radius 3 is 2.35 bits per heavy atom. The van der Waals surface area contributed by atoms with Crippen LogP contribution in [0.1, 0.15) is 0 Å². The molecule has 0 spiro atoms. The van der Waals surface area contributed by atoms with Crippen molar-refractivity contribution in [2.45, 2.75) is 0 Å². The van der Waals surface area contributed by atoms with Crippen molar-refractivity contribution >= 4 is 32.4 Å². The highest BCUT2D eigenvalue weighted by molar-refractivity contribution is 6.26. The lowest BCUT2D eigenvalue weighted by molar-refractivity contribution is 1.48. The Hall–Kier alpha value is -3.06. The molecule has 0 unspecified atom stereocenters. The summed E-state index contributed by atoms with van der Waals surface area (Å²) in [7, 11) is 0. The molecule has 0 bridgehead atoms. The highest BCUT2D eigenvalue weighted by Gasteiger charge is 2.26. The maximum atomic E-state index is 3.64. The standard InChI is InChI=1S/C22H13N/c1-2-7-14-13(6-1)12-18-20-15(14)9-5-10-17(20)22-21(18)16-8-3-4-11-19(16)23-22/h1-12,23H. The first-order valence-electron chi connectivity index (χ1n) is 7.98.